The Kier molecular flexibility index (Phi) is 28.2. The number of aliphatic carboxylic acids is 1. The fraction of sp³-hybridized carbons (Fsp3) is 0.440. The fourth-order valence-electron chi connectivity index (χ4n) is 16.1. The average molecular weight is 1690 g/mol. The average Bonchev–Trinajstić information content (AvgIpc) is 1.61. The quantitative estimate of drug-likeness (QED) is 0.0188. The molecule has 5 aliphatic rings. The number of urea groups is 1. The van der Waals surface area contributed by atoms with E-state index in [1.54, 1.807) is 73.2 Å². The molecule has 8 aromatic rings. The maximum absolute atomic E-state index is 15.5. The highest BCUT2D eigenvalue weighted by Crippen LogP contribution is 2.47. The lowest BCUT2D eigenvalue weighted by atomic mass is 9.82. The number of hydrogen-bond acceptors (Lipinski definition) is 23. The monoisotopic (exact) mass is 1690 g/mol. The second-order valence-corrected chi connectivity index (χ2v) is 31.8. The Balaban J connectivity index is 0.565. The van der Waals surface area contributed by atoms with Crippen molar-refractivity contribution in [2.24, 2.45) is 17.4 Å². The largest absolute Gasteiger partial charge is 0.480 e. The number of aromatic amines is 1. The number of halogens is 3. The first-order valence-corrected chi connectivity index (χ1v) is 40.9. The van der Waals surface area contributed by atoms with Gasteiger partial charge in [0.15, 0.2) is 6.10 Å². The summed E-state index contributed by atoms with van der Waals surface area (Å²) in [7, 11) is 0. The molecular formula is C84H100ClF2N19O15. The summed E-state index contributed by atoms with van der Waals surface area (Å²) in [6.07, 6.45) is 1.72. The molecule has 1 aliphatic carbocycles. The number of fused-ring (bicyclic) bond motifs is 6. The number of carboxylic acid groups (broad SMARTS) is 1. The number of carbonyl (C=O) groups excluding carboxylic acids is 8. The van der Waals surface area contributed by atoms with E-state index in [9.17, 15) is 58.2 Å². The Hall–Kier alpha value is -11.8. The van der Waals surface area contributed by atoms with Crippen LogP contribution < -0.4 is 64.5 Å². The van der Waals surface area contributed by atoms with Gasteiger partial charge in [0.1, 0.15) is 48.6 Å². The van der Waals surface area contributed by atoms with Crippen molar-refractivity contribution in [1.29, 1.82) is 0 Å². The molecular weight excluding hydrogens is 1590 g/mol. The number of aryl methyl sites for hydroxylation is 2. The highest BCUT2D eigenvalue weighted by Gasteiger charge is 2.39. The maximum atomic E-state index is 15.5. The van der Waals surface area contributed by atoms with Crippen LogP contribution in [-0.4, -0.2) is 233 Å². The molecule has 2 saturated heterocycles. The van der Waals surface area contributed by atoms with Gasteiger partial charge in [-0.3, -0.25) is 48.3 Å². The van der Waals surface area contributed by atoms with Gasteiger partial charge in [-0.15, -0.1) is 0 Å². The number of primary amides is 1. The van der Waals surface area contributed by atoms with Crippen molar-refractivity contribution in [3.8, 4) is 33.9 Å². The van der Waals surface area contributed by atoms with Crippen molar-refractivity contribution < 1.29 is 76.4 Å². The summed E-state index contributed by atoms with van der Waals surface area (Å²) in [4.78, 5) is 158. The minimum absolute atomic E-state index is 0.0242. The number of alkyl carbamates (subject to hydrolysis) is 1. The summed E-state index contributed by atoms with van der Waals surface area (Å²) in [5, 5.41) is 44.8. The van der Waals surface area contributed by atoms with Gasteiger partial charge in [0.05, 0.1) is 90.2 Å². The Bertz CT molecular complexity index is 5320. The molecule has 37 heteroatoms. The first kappa shape index (κ1) is 87.0. The number of cyclic esters (lactones) is 1. The van der Waals surface area contributed by atoms with Crippen LogP contribution in [0, 0.1) is 31.4 Å². The lowest BCUT2D eigenvalue weighted by Crippen LogP contribution is -2.56. The minimum atomic E-state index is -1.69. The first-order chi connectivity index (χ1) is 58.1. The van der Waals surface area contributed by atoms with Crippen LogP contribution in [0.2, 0.25) is 5.02 Å². The fourth-order valence-corrected chi connectivity index (χ4v) is 16.3. The number of aliphatic hydroxyl groups is 1. The molecule has 1 unspecified atom stereocenters. The summed E-state index contributed by atoms with van der Waals surface area (Å²) in [5.41, 5.74) is 20.6. The predicted octanol–water partition coefficient (Wildman–Crippen LogP) is 5.28. The molecule has 4 aliphatic heterocycles. The second kappa shape index (κ2) is 39.2. The van der Waals surface area contributed by atoms with E-state index in [0.29, 0.717) is 146 Å². The van der Waals surface area contributed by atoms with Gasteiger partial charge < -0.3 is 92.9 Å². The van der Waals surface area contributed by atoms with Crippen molar-refractivity contribution in [2.75, 3.05) is 127 Å². The van der Waals surface area contributed by atoms with Crippen LogP contribution >= 0.6 is 11.6 Å². The lowest BCUT2D eigenvalue weighted by Gasteiger charge is -2.35. The summed E-state index contributed by atoms with van der Waals surface area (Å²) in [6, 6.07) is 15.7. The molecule has 0 radical (unpaired) electrons. The van der Waals surface area contributed by atoms with E-state index in [0.717, 1.165) is 24.1 Å². The number of H-pyrrole nitrogens is 1. The van der Waals surface area contributed by atoms with Crippen LogP contribution in [0.5, 0.6) is 0 Å². The zero-order valence-corrected chi connectivity index (χ0v) is 68.4. The third-order valence-corrected chi connectivity index (χ3v) is 22.6. The number of hydrogen-bond donors (Lipinski definition) is 13. The van der Waals surface area contributed by atoms with E-state index in [1.807, 2.05) is 24.0 Å². The van der Waals surface area contributed by atoms with E-state index in [2.05, 4.69) is 52.4 Å². The molecule has 2 fully saturated rings. The molecule has 642 valence electrons. The van der Waals surface area contributed by atoms with E-state index in [1.165, 1.54) is 28.8 Å². The molecule has 34 nitrogen and oxygen atoms in total. The number of aromatic nitrogens is 5. The summed E-state index contributed by atoms with van der Waals surface area (Å²) in [6.45, 7) is 9.77. The van der Waals surface area contributed by atoms with Gasteiger partial charge in [-0.05, 0) is 140 Å². The zero-order valence-electron chi connectivity index (χ0n) is 67.6. The molecule has 15 N–H and O–H groups in total. The number of carbonyl (C=O) groups is 9. The van der Waals surface area contributed by atoms with E-state index in [4.69, 9.17) is 52.2 Å². The van der Waals surface area contributed by atoms with Gasteiger partial charge >= 0.3 is 24.1 Å². The van der Waals surface area contributed by atoms with Crippen molar-refractivity contribution in [2.45, 2.75) is 123 Å². The van der Waals surface area contributed by atoms with Gasteiger partial charge in [0.25, 0.3) is 5.56 Å². The van der Waals surface area contributed by atoms with Gasteiger partial charge in [-0.25, -0.2) is 38.1 Å². The molecule has 4 aromatic heterocycles. The van der Waals surface area contributed by atoms with Gasteiger partial charge in [-0.2, -0.15) is 0 Å². The number of nitrogens with two attached hydrogens (primary N) is 2. The number of amides is 8. The smallest absolute Gasteiger partial charge is 0.407 e. The minimum Gasteiger partial charge on any atom is -0.480 e. The summed E-state index contributed by atoms with van der Waals surface area (Å²) < 4.78 is 48.6. The lowest BCUT2D eigenvalue weighted by molar-refractivity contribution is -0.157. The van der Waals surface area contributed by atoms with Crippen molar-refractivity contribution >= 4 is 104 Å². The van der Waals surface area contributed by atoms with Gasteiger partial charge in [-0.1, -0.05) is 43.6 Å². The molecule has 4 atom stereocenters. The SMILES string of the molecule is Cc1cc(F)cc(-c2cnc(NCCNC(=O)CCOCCNC(=O)CN3CCN(CC(=O)O)CCN(CC(=O)N[C@H](C(=O)N[C@@H](CCCNC(N)=O)C(=O)Nc4ccc(COC(=O)N[C@H]5CCc6c(C)c(F)cc7nc8c(c5c67)Cn5c-8cc6c(c5=O)COC(=O)C6O)cc4)C(C)C)CC3)c(-c3nc4ccc(Cl)cc4[nH]3)c2N2CCC(N)CC2)c1. The molecule has 0 spiro atoms. The zero-order chi connectivity index (χ0) is 85.9. The number of imidazole rings is 1. The highest BCUT2D eigenvalue weighted by molar-refractivity contribution is 6.31. The normalized spacial score (nSPS) is 16.8. The van der Waals surface area contributed by atoms with E-state index in [-0.39, 0.29) is 152 Å². The van der Waals surface area contributed by atoms with Gasteiger partial charge in [0.2, 0.25) is 29.5 Å². The molecule has 121 heavy (non-hydrogen) atoms. The topological polar surface area (TPSA) is 459 Å². The van der Waals surface area contributed by atoms with Crippen molar-refractivity contribution in [3.63, 3.8) is 0 Å². The first-order valence-electron chi connectivity index (χ1n) is 40.5. The maximum Gasteiger partial charge on any atom is 0.407 e. The second-order valence-electron chi connectivity index (χ2n) is 31.4. The number of aliphatic hydroxyl groups excluding tert-OH is 1. The number of nitrogens with zero attached hydrogens (tertiary/aromatic N) is 8. The molecule has 0 bridgehead atoms. The Morgan fingerprint density at radius 3 is 2.19 bits per heavy atom. The molecule has 8 amide bonds. The van der Waals surface area contributed by atoms with E-state index >= 15 is 8.78 Å². The Morgan fingerprint density at radius 2 is 1.48 bits per heavy atom. The summed E-state index contributed by atoms with van der Waals surface area (Å²) in [5.74, 6) is -4.74. The number of ether oxygens (including phenoxy) is 3. The van der Waals surface area contributed by atoms with Crippen molar-refractivity contribution in [1.82, 2.24) is 71.1 Å². The molecule has 0 saturated carbocycles. The summed E-state index contributed by atoms with van der Waals surface area (Å²) >= 11 is 6.40. The van der Waals surface area contributed by atoms with Crippen LogP contribution in [0.1, 0.15) is 109 Å². The number of rotatable bonds is 32. The number of carboxylic acids is 1. The molecule has 13 rings (SSSR count). The number of esters is 1. The van der Waals surface area contributed by atoms with Crippen LogP contribution in [-0.2, 0) is 74.0 Å². The Morgan fingerprint density at radius 1 is 0.760 bits per heavy atom. The number of pyridine rings is 3. The molecule has 4 aromatic carbocycles. The number of benzene rings is 4. The van der Waals surface area contributed by atoms with Crippen LogP contribution in [0.25, 0.3) is 55.8 Å². The standard InChI is InChI=1S/C84H100ClF2N19O15/c1-45(2)73(80(114)99-62(6-5-18-93-83(89)117)79(113)95-53-10-7-48(8-11-53)43-121-84(118)100-61-14-12-54-47(4)59(87)37-64-70(54)71(61)57-39-106-65(74(57)96-64)36-55-58(81(106)115)44-120-82(116)76(55)112)101-68(109)41-103-25-24-102(26-28-104(29-27-103)42-69(110)111)40-67(108)91-21-31-119-30-17-66(107)90-19-20-92-77-72(78-97-60-13-9-50(85)35-63(60)98-78)75(105-22-15-52(88)16-23-105)56(38-94-77)49-32-46(3)33-51(86)34-49/h7-11,13,32-38,45,52,61-62,73,76,112H,5-6,12,14-31,39-44,88H2,1-4H3,(H,90,107)(H,91,108)(H,92,94)(H,95,113)(H,97,98)(H,99,114)(H,100,118)(H,101,109)(H,110,111)(H3,89,93,117)/t61-,62-,73-,76?/m0/s1. The predicted molar refractivity (Wildman–Crippen MR) is 446 cm³/mol. The Labute approximate surface area is 699 Å². The number of piperidine rings is 1. The van der Waals surface area contributed by atoms with Gasteiger partial charge in [0, 0.05) is 136 Å². The van der Waals surface area contributed by atoms with Crippen molar-refractivity contribution in [3.05, 3.63) is 151 Å². The van der Waals surface area contributed by atoms with E-state index < -0.39 is 83.3 Å². The molecule has 8 heterocycles. The number of anilines is 3. The van der Waals surface area contributed by atoms with Crippen LogP contribution in [0.4, 0.5) is 35.6 Å². The third-order valence-electron chi connectivity index (χ3n) is 22.4. The highest BCUT2D eigenvalue weighted by atomic mass is 35.5. The third kappa shape index (κ3) is 21.3. The van der Waals surface area contributed by atoms with Crippen LogP contribution in [0.15, 0.2) is 83.8 Å². The number of nitrogens with one attached hydrogen (secondary N) is 9. The van der Waals surface area contributed by atoms with Crippen LogP contribution in [0.3, 0.4) is 0 Å².